The Bertz CT molecular complexity index is 401. The zero-order valence-electron chi connectivity index (χ0n) is 9.69. The molecule has 1 rings (SSSR count). The Morgan fingerprint density at radius 3 is 2.75 bits per heavy atom. The molecule has 0 saturated heterocycles. The van der Waals surface area contributed by atoms with E-state index in [0.717, 1.165) is 5.56 Å². The van der Waals surface area contributed by atoms with Crippen molar-refractivity contribution in [3.63, 3.8) is 0 Å². The summed E-state index contributed by atoms with van der Waals surface area (Å²) in [6.07, 6.45) is 3.27. The van der Waals surface area contributed by atoms with E-state index in [9.17, 15) is 9.59 Å². The highest BCUT2D eigenvalue weighted by molar-refractivity contribution is 6.00. The van der Waals surface area contributed by atoms with E-state index in [1.54, 1.807) is 19.2 Å². The molecule has 0 fully saturated rings. The van der Waals surface area contributed by atoms with Gasteiger partial charge in [-0.05, 0) is 18.6 Å². The molecule has 0 bridgehead atoms. The quantitative estimate of drug-likeness (QED) is 0.574. The molecule has 1 aromatic rings. The SMILES string of the molecule is COC(=O)CC(C)C(=O)c1cnccc1C. The fraction of sp³-hybridized carbons (Fsp3) is 0.417. The molecule has 0 amide bonds. The molecule has 1 heterocycles. The van der Waals surface area contributed by atoms with Gasteiger partial charge in [-0.25, -0.2) is 0 Å². The van der Waals surface area contributed by atoms with Gasteiger partial charge in [0.15, 0.2) is 5.78 Å². The van der Waals surface area contributed by atoms with Crippen molar-refractivity contribution < 1.29 is 14.3 Å². The second-order valence-corrected chi connectivity index (χ2v) is 3.74. The first-order valence-electron chi connectivity index (χ1n) is 5.08. The van der Waals surface area contributed by atoms with Crippen molar-refractivity contribution >= 4 is 11.8 Å². The van der Waals surface area contributed by atoms with Crippen LogP contribution in [-0.4, -0.2) is 23.8 Å². The van der Waals surface area contributed by atoms with Gasteiger partial charge in [0.2, 0.25) is 0 Å². The lowest BCUT2D eigenvalue weighted by molar-refractivity contribution is -0.141. The zero-order chi connectivity index (χ0) is 12.1. The maximum atomic E-state index is 12.0. The molecule has 1 unspecified atom stereocenters. The minimum atomic E-state index is -0.379. The van der Waals surface area contributed by atoms with E-state index in [4.69, 9.17) is 0 Å². The summed E-state index contributed by atoms with van der Waals surface area (Å²) in [5, 5.41) is 0. The van der Waals surface area contributed by atoms with Crippen molar-refractivity contribution in [1.29, 1.82) is 0 Å². The van der Waals surface area contributed by atoms with Crippen molar-refractivity contribution in [1.82, 2.24) is 4.98 Å². The lowest BCUT2D eigenvalue weighted by Crippen LogP contribution is -2.17. The van der Waals surface area contributed by atoms with Gasteiger partial charge < -0.3 is 4.74 Å². The van der Waals surface area contributed by atoms with Crippen molar-refractivity contribution in [2.45, 2.75) is 20.3 Å². The van der Waals surface area contributed by atoms with Gasteiger partial charge in [0.05, 0.1) is 13.5 Å². The minimum Gasteiger partial charge on any atom is -0.469 e. The minimum absolute atomic E-state index is 0.0731. The average Bonchev–Trinajstić information content (AvgIpc) is 2.28. The van der Waals surface area contributed by atoms with Crippen LogP contribution in [0, 0.1) is 12.8 Å². The first-order chi connectivity index (χ1) is 7.56. The van der Waals surface area contributed by atoms with E-state index < -0.39 is 0 Å². The van der Waals surface area contributed by atoms with Crippen LogP contribution in [0.5, 0.6) is 0 Å². The first kappa shape index (κ1) is 12.4. The molecule has 0 aliphatic rings. The van der Waals surface area contributed by atoms with E-state index in [-0.39, 0.29) is 24.1 Å². The average molecular weight is 221 g/mol. The third kappa shape index (κ3) is 2.89. The molecule has 1 aromatic heterocycles. The number of aryl methyl sites for hydroxylation is 1. The number of Topliss-reactive ketones (excluding diaryl/α,β-unsaturated/α-hetero) is 1. The molecule has 0 radical (unpaired) electrons. The monoisotopic (exact) mass is 221 g/mol. The maximum Gasteiger partial charge on any atom is 0.306 e. The van der Waals surface area contributed by atoms with Crippen molar-refractivity contribution in [2.75, 3.05) is 7.11 Å². The highest BCUT2D eigenvalue weighted by Gasteiger charge is 2.20. The molecule has 0 saturated carbocycles. The van der Waals surface area contributed by atoms with Crippen molar-refractivity contribution in [3.05, 3.63) is 29.6 Å². The molecule has 16 heavy (non-hydrogen) atoms. The lowest BCUT2D eigenvalue weighted by atomic mass is 9.95. The number of aromatic nitrogens is 1. The molecule has 0 aromatic carbocycles. The van der Waals surface area contributed by atoms with Gasteiger partial charge in [0, 0.05) is 23.9 Å². The molecule has 0 spiro atoms. The van der Waals surface area contributed by atoms with Gasteiger partial charge in [0.25, 0.3) is 0 Å². The summed E-state index contributed by atoms with van der Waals surface area (Å²) in [4.78, 5) is 26.9. The van der Waals surface area contributed by atoms with Crippen LogP contribution in [0.2, 0.25) is 0 Å². The molecule has 0 N–H and O–H groups in total. The highest BCUT2D eigenvalue weighted by atomic mass is 16.5. The van der Waals surface area contributed by atoms with E-state index in [0.29, 0.717) is 5.56 Å². The standard InChI is InChI=1S/C12H15NO3/c1-8-4-5-13-7-10(8)12(15)9(2)6-11(14)16-3/h4-5,7,9H,6H2,1-3H3. The fourth-order valence-electron chi connectivity index (χ4n) is 1.41. The number of rotatable bonds is 4. The van der Waals surface area contributed by atoms with E-state index in [1.165, 1.54) is 13.3 Å². The number of hydrogen-bond acceptors (Lipinski definition) is 4. The van der Waals surface area contributed by atoms with E-state index in [1.807, 2.05) is 6.92 Å². The third-order valence-corrected chi connectivity index (χ3v) is 2.45. The van der Waals surface area contributed by atoms with Crippen LogP contribution < -0.4 is 0 Å². The number of carbonyl (C=O) groups is 2. The molecule has 0 aliphatic heterocycles. The van der Waals surface area contributed by atoms with Gasteiger partial charge in [0.1, 0.15) is 0 Å². The van der Waals surface area contributed by atoms with Crippen LogP contribution in [-0.2, 0) is 9.53 Å². The maximum absolute atomic E-state index is 12.0. The van der Waals surface area contributed by atoms with Crippen LogP contribution in [0.4, 0.5) is 0 Å². The Kier molecular flexibility index (Phi) is 4.17. The second kappa shape index (κ2) is 5.39. The number of ketones is 1. The Morgan fingerprint density at radius 2 is 2.19 bits per heavy atom. The summed E-state index contributed by atoms with van der Waals surface area (Å²) in [7, 11) is 1.31. The fourth-order valence-corrected chi connectivity index (χ4v) is 1.41. The third-order valence-electron chi connectivity index (χ3n) is 2.45. The Morgan fingerprint density at radius 1 is 1.50 bits per heavy atom. The van der Waals surface area contributed by atoms with Crippen molar-refractivity contribution in [2.24, 2.45) is 5.92 Å². The molecular formula is C12H15NO3. The summed E-state index contributed by atoms with van der Waals surface area (Å²) >= 11 is 0. The number of methoxy groups -OCH3 is 1. The molecule has 4 nitrogen and oxygen atoms in total. The van der Waals surface area contributed by atoms with Crippen LogP contribution in [0.15, 0.2) is 18.5 Å². The van der Waals surface area contributed by atoms with Gasteiger partial charge in [-0.3, -0.25) is 14.6 Å². The largest absolute Gasteiger partial charge is 0.469 e. The predicted molar refractivity (Wildman–Crippen MR) is 59.1 cm³/mol. The normalized spacial score (nSPS) is 11.9. The summed E-state index contributed by atoms with van der Waals surface area (Å²) in [6, 6.07) is 1.78. The summed E-state index contributed by atoms with van der Waals surface area (Å²) in [6.45, 7) is 3.56. The summed E-state index contributed by atoms with van der Waals surface area (Å²) in [5.41, 5.74) is 1.44. The summed E-state index contributed by atoms with van der Waals surface area (Å²) < 4.78 is 4.53. The van der Waals surface area contributed by atoms with Gasteiger partial charge in [-0.2, -0.15) is 0 Å². The second-order valence-electron chi connectivity index (χ2n) is 3.74. The smallest absolute Gasteiger partial charge is 0.306 e. The Labute approximate surface area is 94.6 Å². The van der Waals surface area contributed by atoms with Crippen LogP contribution >= 0.6 is 0 Å². The number of carbonyl (C=O) groups excluding carboxylic acids is 2. The number of hydrogen-bond donors (Lipinski definition) is 0. The van der Waals surface area contributed by atoms with Crippen LogP contribution in [0.1, 0.15) is 29.3 Å². The summed E-state index contributed by atoms with van der Waals surface area (Å²) in [5.74, 6) is -0.825. The Balaban J connectivity index is 2.79. The van der Waals surface area contributed by atoms with Gasteiger partial charge in [-0.15, -0.1) is 0 Å². The molecule has 0 aliphatic carbocycles. The number of ether oxygens (including phenoxy) is 1. The van der Waals surface area contributed by atoms with Crippen molar-refractivity contribution in [3.8, 4) is 0 Å². The first-order valence-corrected chi connectivity index (χ1v) is 5.08. The Hall–Kier alpha value is -1.71. The topological polar surface area (TPSA) is 56.3 Å². The van der Waals surface area contributed by atoms with Crippen LogP contribution in [0.25, 0.3) is 0 Å². The highest BCUT2D eigenvalue weighted by Crippen LogP contribution is 2.15. The predicted octanol–water partition coefficient (Wildman–Crippen LogP) is 1.77. The van der Waals surface area contributed by atoms with E-state index >= 15 is 0 Å². The number of pyridine rings is 1. The molecule has 86 valence electrons. The van der Waals surface area contributed by atoms with E-state index in [2.05, 4.69) is 9.72 Å². The number of esters is 1. The molecule has 4 heteroatoms. The molecular weight excluding hydrogens is 206 g/mol. The molecule has 1 atom stereocenters. The van der Waals surface area contributed by atoms with Gasteiger partial charge >= 0.3 is 5.97 Å². The van der Waals surface area contributed by atoms with Crippen LogP contribution in [0.3, 0.4) is 0 Å². The van der Waals surface area contributed by atoms with Gasteiger partial charge in [-0.1, -0.05) is 6.92 Å². The lowest BCUT2D eigenvalue weighted by Gasteiger charge is -2.10. The number of nitrogens with zero attached hydrogens (tertiary/aromatic N) is 1. The zero-order valence-corrected chi connectivity index (χ0v) is 9.69.